The number of aryl methyl sites for hydroxylation is 1. The van der Waals surface area contributed by atoms with E-state index in [0.717, 1.165) is 17.0 Å². The summed E-state index contributed by atoms with van der Waals surface area (Å²) < 4.78 is 5.40. The lowest BCUT2D eigenvalue weighted by molar-refractivity contribution is -0.127. The van der Waals surface area contributed by atoms with Crippen LogP contribution in [0, 0.1) is 6.92 Å². The third-order valence-corrected chi connectivity index (χ3v) is 5.66. The predicted octanol–water partition coefficient (Wildman–Crippen LogP) is 4.54. The average Bonchev–Trinajstić information content (AvgIpc) is 3.00. The van der Waals surface area contributed by atoms with E-state index in [4.69, 9.17) is 4.74 Å². The van der Waals surface area contributed by atoms with Crippen LogP contribution in [0.5, 0.6) is 5.75 Å². The number of amidine groups is 1. The molecule has 0 radical (unpaired) electrons. The molecule has 0 aromatic heterocycles. The lowest BCUT2D eigenvalue weighted by atomic mass is 10.2. The maximum absolute atomic E-state index is 12.9. The number of hydrogen-bond acceptors (Lipinski definition) is 5. The van der Waals surface area contributed by atoms with Gasteiger partial charge in [0.05, 0.1) is 12.3 Å². The fourth-order valence-electron chi connectivity index (χ4n) is 3.00. The zero-order valence-corrected chi connectivity index (χ0v) is 17.9. The number of rotatable bonds is 8. The van der Waals surface area contributed by atoms with Gasteiger partial charge >= 0.3 is 0 Å². The van der Waals surface area contributed by atoms with Crippen molar-refractivity contribution in [2.24, 2.45) is 4.99 Å². The van der Waals surface area contributed by atoms with Crippen LogP contribution in [-0.4, -0.2) is 40.3 Å². The third-order valence-electron chi connectivity index (χ3n) is 4.48. The van der Waals surface area contributed by atoms with Gasteiger partial charge in [0.2, 0.25) is 11.8 Å². The number of anilines is 1. The van der Waals surface area contributed by atoms with Gasteiger partial charge in [-0.2, -0.15) is 0 Å². The molecule has 1 aliphatic heterocycles. The predicted molar refractivity (Wildman–Crippen MR) is 122 cm³/mol. The van der Waals surface area contributed by atoms with Gasteiger partial charge in [-0.3, -0.25) is 14.5 Å². The number of carbonyl (C=O) groups excluding carboxylic acids is 2. The van der Waals surface area contributed by atoms with Gasteiger partial charge in [0, 0.05) is 18.7 Å². The van der Waals surface area contributed by atoms with Crippen molar-refractivity contribution in [2.45, 2.75) is 25.5 Å². The van der Waals surface area contributed by atoms with E-state index >= 15 is 0 Å². The van der Waals surface area contributed by atoms with Crippen LogP contribution >= 0.6 is 11.8 Å². The van der Waals surface area contributed by atoms with Crippen LogP contribution in [0.3, 0.4) is 0 Å². The second kappa shape index (κ2) is 10.1. The number of aliphatic imine (C=N–C) groups is 1. The third kappa shape index (κ3) is 5.30. The second-order valence-corrected chi connectivity index (χ2v) is 7.90. The quantitative estimate of drug-likeness (QED) is 0.633. The van der Waals surface area contributed by atoms with E-state index in [1.807, 2.05) is 38.1 Å². The molecule has 0 saturated carbocycles. The number of carbonyl (C=O) groups is 2. The molecule has 3 rings (SSSR count). The summed E-state index contributed by atoms with van der Waals surface area (Å²) in [7, 11) is 0. The summed E-state index contributed by atoms with van der Waals surface area (Å²) in [4.78, 5) is 31.6. The Balaban J connectivity index is 1.69. The van der Waals surface area contributed by atoms with Crippen molar-refractivity contribution < 1.29 is 14.3 Å². The molecule has 1 N–H and O–H groups in total. The Morgan fingerprint density at radius 1 is 1.27 bits per heavy atom. The number of ether oxygens (including phenoxy) is 1. The van der Waals surface area contributed by atoms with Crippen LogP contribution in [0.15, 0.2) is 66.2 Å². The molecule has 156 valence electrons. The minimum Gasteiger partial charge on any atom is -0.494 e. The number of hydrogen-bond donors (Lipinski definition) is 1. The van der Waals surface area contributed by atoms with Gasteiger partial charge in [-0.05, 0) is 49.7 Å². The van der Waals surface area contributed by atoms with Gasteiger partial charge < -0.3 is 10.1 Å². The number of nitrogens with one attached hydrogen (secondary N) is 1. The average molecular weight is 424 g/mol. The van der Waals surface area contributed by atoms with E-state index in [2.05, 4.69) is 16.9 Å². The van der Waals surface area contributed by atoms with Crippen LogP contribution in [-0.2, 0) is 9.59 Å². The Hall–Kier alpha value is -3.06. The molecular weight excluding hydrogens is 398 g/mol. The van der Waals surface area contributed by atoms with Crippen molar-refractivity contribution in [2.75, 3.05) is 18.5 Å². The highest BCUT2D eigenvalue weighted by Crippen LogP contribution is 2.32. The number of para-hydroxylation sites is 1. The molecule has 1 fully saturated rings. The molecule has 6 nitrogen and oxygen atoms in total. The van der Waals surface area contributed by atoms with Crippen LogP contribution in [0.2, 0.25) is 0 Å². The van der Waals surface area contributed by atoms with Crippen molar-refractivity contribution in [1.29, 1.82) is 0 Å². The summed E-state index contributed by atoms with van der Waals surface area (Å²) in [6.07, 6.45) is 1.73. The Morgan fingerprint density at radius 3 is 2.67 bits per heavy atom. The maximum Gasteiger partial charge on any atom is 0.242 e. The highest BCUT2D eigenvalue weighted by atomic mass is 32.2. The van der Waals surface area contributed by atoms with E-state index in [1.54, 1.807) is 35.2 Å². The standard InChI is InChI=1S/C23H25N3O3S/c1-4-14-26-22(28)20(30-23(26)25-19-9-7-6-8-16(19)3)15-21(27)24-17-10-12-18(13-11-17)29-5-2/h4,6-13,20H,1,5,14-15H2,2-3H3,(H,24,27)/t20-/m0/s1. The summed E-state index contributed by atoms with van der Waals surface area (Å²) in [5.74, 6) is 0.393. The summed E-state index contributed by atoms with van der Waals surface area (Å²) in [6.45, 7) is 8.56. The second-order valence-electron chi connectivity index (χ2n) is 6.73. The Morgan fingerprint density at radius 2 is 2.00 bits per heavy atom. The first-order valence-electron chi connectivity index (χ1n) is 9.77. The van der Waals surface area contributed by atoms with Gasteiger partial charge in [0.15, 0.2) is 5.17 Å². The van der Waals surface area contributed by atoms with Crippen LogP contribution in [0.1, 0.15) is 18.9 Å². The molecule has 1 heterocycles. The van der Waals surface area contributed by atoms with E-state index < -0.39 is 5.25 Å². The van der Waals surface area contributed by atoms with Crippen molar-refractivity contribution in [3.63, 3.8) is 0 Å². The minimum absolute atomic E-state index is 0.0666. The Bertz CT molecular complexity index is 956. The maximum atomic E-state index is 12.9. The van der Waals surface area contributed by atoms with E-state index in [9.17, 15) is 9.59 Å². The highest BCUT2D eigenvalue weighted by Gasteiger charge is 2.38. The molecule has 0 aliphatic carbocycles. The smallest absolute Gasteiger partial charge is 0.242 e. The highest BCUT2D eigenvalue weighted by molar-refractivity contribution is 8.15. The Kier molecular flexibility index (Phi) is 7.30. The van der Waals surface area contributed by atoms with Crippen molar-refractivity contribution in [1.82, 2.24) is 4.90 Å². The summed E-state index contributed by atoms with van der Waals surface area (Å²) in [5, 5.41) is 2.91. The summed E-state index contributed by atoms with van der Waals surface area (Å²) in [5.41, 5.74) is 2.49. The molecule has 0 bridgehead atoms. The molecule has 7 heteroatoms. The molecule has 1 saturated heterocycles. The lowest BCUT2D eigenvalue weighted by Crippen LogP contribution is -2.33. The first kappa shape index (κ1) is 21.6. The largest absolute Gasteiger partial charge is 0.494 e. The summed E-state index contributed by atoms with van der Waals surface area (Å²) in [6, 6.07) is 14.9. The molecular formula is C23H25N3O3S. The van der Waals surface area contributed by atoms with Crippen molar-refractivity contribution in [3.8, 4) is 5.75 Å². The van der Waals surface area contributed by atoms with Gasteiger partial charge in [-0.1, -0.05) is 36.0 Å². The van der Waals surface area contributed by atoms with Gasteiger partial charge in [0.1, 0.15) is 11.0 Å². The van der Waals surface area contributed by atoms with Gasteiger partial charge in [-0.25, -0.2) is 4.99 Å². The monoisotopic (exact) mass is 423 g/mol. The fourth-order valence-corrected chi connectivity index (χ4v) is 4.16. The molecule has 2 aromatic rings. The number of amides is 2. The minimum atomic E-state index is -0.518. The number of nitrogens with zero attached hydrogens (tertiary/aromatic N) is 2. The Labute approximate surface area is 181 Å². The number of thioether (sulfide) groups is 1. The van der Waals surface area contributed by atoms with Crippen LogP contribution in [0.25, 0.3) is 0 Å². The van der Waals surface area contributed by atoms with Crippen molar-refractivity contribution >= 4 is 40.1 Å². The lowest BCUT2D eigenvalue weighted by Gasteiger charge is -2.14. The van der Waals surface area contributed by atoms with E-state index in [0.29, 0.717) is 24.0 Å². The first-order chi connectivity index (χ1) is 14.5. The molecule has 2 aromatic carbocycles. The SMILES string of the molecule is C=CCN1C(=O)[C@H](CC(=O)Nc2ccc(OCC)cc2)SC1=Nc1ccccc1C. The fraction of sp³-hybridized carbons (Fsp3) is 0.261. The molecule has 30 heavy (non-hydrogen) atoms. The number of benzene rings is 2. The van der Waals surface area contributed by atoms with Gasteiger partial charge in [0.25, 0.3) is 0 Å². The zero-order chi connectivity index (χ0) is 21.5. The topological polar surface area (TPSA) is 71.0 Å². The normalized spacial score (nSPS) is 17.3. The first-order valence-corrected chi connectivity index (χ1v) is 10.7. The zero-order valence-electron chi connectivity index (χ0n) is 17.1. The van der Waals surface area contributed by atoms with Crippen LogP contribution in [0.4, 0.5) is 11.4 Å². The summed E-state index contributed by atoms with van der Waals surface area (Å²) >= 11 is 1.32. The molecule has 1 aliphatic rings. The van der Waals surface area contributed by atoms with Crippen LogP contribution < -0.4 is 10.1 Å². The van der Waals surface area contributed by atoms with E-state index in [-0.39, 0.29) is 18.2 Å². The van der Waals surface area contributed by atoms with E-state index in [1.165, 1.54) is 11.8 Å². The molecule has 1 atom stereocenters. The molecule has 0 spiro atoms. The molecule has 2 amide bonds. The molecule has 0 unspecified atom stereocenters. The van der Waals surface area contributed by atoms with Gasteiger partial charge in [-0.15, -0.1) is 6.58 Å². The van der Waals surface area contributed by atoms with Crippen molar-refractivity contribution in [3.05, 3.63) is 66.7 Å².